The van der Waals surface area contributed by atoms with Crippen LogP contribution in [0.15, 0.2) is 78.9 Å². The Kier molecular flexibility index (Phi) is 7.00. The Hall–Kier alpha value is -4.57. The number of benzene rings is 3. The van der Waals surface area contributed by atoms with Crippen molar-refractivity contribution in [2.75, 3.05) is 26.9 Å². The lowest BCUT2D eigenvalue weighted by atomic mass is 9.98. The minimum Gasteiger partial charge on any atom is -0.454 e. The molecule has 0 aromatic heterocycles. The first-order valence-electron chi connectivity index (χ1n) is 13.3. The van der Waals surface area contributed by atoms with Gasteiger partial charge in [0.2, 0.25) is 18.6 Å². The second-order valence-corrected chi connectivity index (χ2v) is 10.2. The van der Waals surface area contributed by atoms with Gasteiger partial charge in [-0.2, -0.15) is 0 Å². The Labute approximate surface area is 232 Å². The van der Waals surface area contributed by atoms with Crippen molar-refractivity contribution < 1.29 is 23.9 Å². The molecule has 3 heterocycles. The molecule has 2 saturated heterocycles. The number of hydrogen-bond acceptors (Lipinski definition) is 6. The Morgan fingerprint density at radius 2 is 1.60 bits per heavy atom. The number of likely N-dealkylation sites (N-methyl/N-ethyl adjacent to an activating group) is 1. The number of nitrogens with zero attached hydrogens (tertiary/aromatic N) is 4. The zero-order valence-corrected chi connectivity index (χ0v) is 22.2. The van der Waals surface area contributed by atoms with E-state index in [0.717, 1.165) is 16.7 Å². The molecular formula is C30H31N5O5. The largest absolute Gasteiger partial charge is 0.454 e. The molecule has 10 nitrogen and oxygen atoms in total. The third kappa shape index (κ3) is 5.05. The smallest absolute Gasteiger partial charge is 0.334 e. The van der Waals surface area contributed by atoms with Crippen molar-refractivity contribution in [1.82, 2.24) is 25.1 Å². The summed E-state index contributed by atoms with van der Waals surface area (Å²) in [6, 6.07) is 23.8. The molecule has 3 aromatic rings. The molecule has 10 heteroatoms. The van der Waals surface area contributed by atoms with Crippen molar-refractivity contribution in [3.63, 3.8) is 0 Å². The SMILES string of the molecule is CN1CC(=O)N2C(CN(Cc3ccc4c(c3)OCO4)C(=O)[C@@H]2Cc2ccccc2)N1C(=O)NCc1ccccc1. The van der Waals surface area contributed by atoms with Gasteiger partial charge in [-0.15, -0.1) is 0 Å². The van der Waals surface area contributed by atoms with Crippen molar-refractivity contribution in [3.8, 4) is 11.5 Å². The number of urea groups is 1. The number of piperazine rings is 1. The Bertz CT molecular complexity index is 1400. The number of carbonyl (C=O) groups is 3. The molecule has 3 aliphatic heterocycles. The fraction of sp³-hybridized carbons (Fsp3) is 0.300. The fourth-order valence-corrected chi connectivity index (χ4v) is 5.60. The number of nitrogens with one attached hydrogen (secondary N) is 1. The summed E-state index contributed by atoms with van der Waals surface area (Å²) in [5.74, 6) is 0.971. The number of hydrazine groups is 1. The molecule has 6 rings (SSSR count). The third-order valence-corrected chi connectivity index (χ3v) is 7.52. The van der Waals surface area contributed by atoms with E-state index in [1.807, 2.05) is 78.9 Å². The maximum atomic E-state index is 14.0. The van der Waals surface area contributed by atoms with Gasteiger partial charge in [-0.05, 0) is 28.8 Å². The summed E-state index contributed by atoms with van der Waals surface area (Å²) in [6.07, 6.45) is -0.314. The highest BCUT2D eigenvalue weighted by Gasteiger charge is 2.50. The van der Waals surface area contributed by atoms with Crippen LogP contribution >= 0.6 is 0 Å². The topological polar surface area (TPSA) is 94.7 Å². The van der Waals surface area contributed by atoms with E-state index >= 15 is 0 Å². The van der Waals surface area contributed by atoms with Gasteiger partial charge in [-0.1, -0.05) is 66.7 Å². The molecule has 3 aliphatic rings. The zero-order chi connectivity index (χ0) is 27.6. The van der Waals surface area contributed by atoms with Gasteiger partial charge in [0, 0.05) is 26.6 Å². The number of fused-ring (bicyclic) bond motifs is 2. The van der Waals surface area contributed by atoms with Gasteiger partial charge in [0.05, 0.1) is 13.1 Å². The molecule has 0 saturated carbocycles. The normalized spacial score (nSPS) is 20.5. The Balaban J connectivity index is 1.30. The third-order valence-electron chi connectivity index (χ3n) is 7.52. The second-order valence-electron chi connectivity index (χ2n) is 10.2. The number of hydrogen-bond donors (Lipinski definition) is 1. The molecule has 1 unspecified atom stereocenters. The second kappa shape index (κ2) is 10.9. The summed E-state index contributed by atoms with van der Waals surface area (Å²) in [5.41, 5.74) is 2.78. The first-order valence-corrected chi connectivity index (χ1v) is 13.3. The fourth-order valence-electron chi connectivity index (χ4n) is 5.60. The minimum absolute atomic E-state index is 0.00398. The lowest BCUT2D eigenvalue weighted by Gasteiger charge is -2.54. The highest BCUT2D eigenvalue weighted by atomic mass is 16.7. The summed E-state index contributed by atoms with van der Waals surface area (Å²) in [5, 5.41) is 6.20. The maximum Gasteiger partial charge on any atom is 0.334 e. The molecule has 2 atom stereocenters. The molecule has 4 amide bonds. The minimum atomic E-state index is -0.749. The van der Waals surface area contributed by atoms with Gasteiger partial charge >= 0.3 is 6.03 Å². The highest BCUT2D eigenvalue weighted by Crippen LogP contribution is 2.34. The van der Waals surface area contributed by atoms with Crippen LogP contribution in [0.1, 0.15) is 16.7 Å². The lowest BCUT2D eigenvalue weighted by Crippen LogP contribution is -2.76. The molecule has 40 heavy (non-hydrogen) atoms. The van der Waals surface area contributed by atoms with Crippen LogP contribution in [0.2, 0.25) is 0 Å². The summed E-state index contributed by atoms with van der Waals surface area (Å²) >= 11 is 0. The van der Waals surface area contributed by atoms with Crippen LogP contribution in [0.3, 0.4) is 0 Å². The predicted octanol–water partition coefficient (Wildman–Crippen LogP) is 2.60. The lowest BCUT2D eigenvalue weighted by molar-refractivity contribution is -0.187. The standard InChI is InChI=1S/C30H31N5O5/c1-32-19-28(36)34-24(14-21-8-4-2-5-9-21)29(37)33(17-23-12-13-25-26(15-23)40-20-39-25)18-27(34)35(32)30(38)31-16-22-10-6-3-7-11-22/h2-13,15,24,27H,14,16-20H2,1H3,(H,31,38)/t24-,27?/m0/s1. The zero-order valence-electron chi connectivity index (χ0n) is 22.2. The van der Waals surface area contributed by atoms with Gasteiger partial charge in [-0.3, -0.25) is 9.59 Å². The van der Waals surface area contributed by atoms with Crippen LogP contribution < -0.4 is 14.8 Å². The predicted molar refractivity (Wildman–Crippen MR) is 146 cm³/mol. The van der Waals surface area contributed by atoms with Crippen LogP contribution in [0, 0.1) is 0 Å². The van der Waals surface area contributed by atoms with E-state index in [1.165, 1.54) is 0 Å². The van der Waals surface area contributed by atoms with Crippen LogP contribution in [-0.4, -0.2) is 76.8 Å². The first-order chi connectivity index (χ1) is 19.5. The van der Waals surface area contributed by atoms with E-state index in [-0.39, 0.29) is 37.7 Å². The van der Waals surface area contributed by atoms with Crippen LogP contribution in [0.5, 0.6) is 11.5 Å². The van der Waals surface area contributed by atoms with E-state index in [9.17, 15) is 14.4 Å². The van der Waals surface area contributed by atoms with Gasteiger partial charge in [0.15, 0.2) is 11.5 Å². The summed E-state index contributed by atoms with van der Waals surface area (Å²) in [7, 11) is 1.72. The molecule has 206 valence electrons. The van der Waals surface area contributed by atoms with Crippen molar-refractivity contribution >= 4 is 17.8 Å². The number of ether oxygens (including phenoxy) is 2. The van der Waals surface area contributed by atoms with E-state index in [1.54, 1.807) is 26.9 Å². The summed E-state index contributed by atoms with van der Waals surface area (Å²) < 4.78 is 11.0. The van der Waals surface area contributed by atoms with E-state index in [0.29, 0.717) is 31.0 Å². The van der Waals surface area contributed by atoms with E-state index < -0.39 is 12.2 Å². The molecule has 0 spiro atoms. The van der Waals surface area contributed by atoms with Gasteiger partial charge < -0.3 is 24.6 Å². The number of carbonyl (C=O) groups excluding carboxylic acids is 3. The quantitative estimate of drug-likeness (QED) is 0.516. The van der Waals surface area contributed by atoms with E-state index in [4.69, 9.17) is 9.47 Å². The van der Waals surface area contributed by atoms with Crippen LogP contribution in [0.25, 0.3) is 0 Å². The molecule has 3 aromatic carbocycles. The average molecular weight is 542 g/mol. The maximum absolute atomic E-state index is 14.0. The molecule has 0 aliphatic carbocycles. The summed E-state index contributed by atoms with van der Waals surface area (Å²) in [6.45, 7) is 0.989. The van der Waals surface area contributed by atoms with Crippen LogP contribution in [-0.2, 0) is 29.1 Å². The van der Waals surface area contributed by atoms with Gasteiger partial charge in [0.25, 0.3) is 0 Å². The van der Waals surface area contributed by atoms with Gasteiger partial charge in [0.1, 0.15) is 12.2 Å². The molecule has 0 bridgehead atoms. The van der Waals surface area contributed by atoms with Crippen molar-refractivity contribution in [1.29, 1.82) is 0 Å². The number of rotatable bonds is 6. The van der Waals surface area contributed by atoms with Crippen molar-refractivity contribution in [2.45, 2.75) is 31.7 Å². The van der Waals surface area contributed by atoms with Crippen molar-refractivity contribution in [3.05, 3.63) is 95.6 Å². The van der Waals surface area contributed by atoms with Gasteiger partial charge in [-0.25, -0.2) is 14.8 Å². The molecule has 0 radical (unpaired) electrons. The Morgan fingerprint density at radius 3 is 2.35 bits per heavy atom. The average Bonchev–Trinajstić information content (AvgIpc) is 3.43. The monoisotopic (exact) mass is 541 g/mol. The van der Waals surface area contributed by atoms with Crippen molar-refractivity contribution in [2.24, 2.45) is 0 Å². The molecular weight excluding hydrogens is 510 g/mol. The first kappa shape index (κ1) is 25.7. The summed E-state index contributed by atoms with van der Waals surface area (Å²) in [4.78, 5) is 44.4. The molecule has 2 fully saturated rings. The highest BCUT2D eigenvalue weighted by molar-refractivity contribution is 5.91. The van der Waals surface area contributed by atoms with Crippen LogP contribution in [0.4, 0.5) is 4.79 Å². The molecule has 1 N–H and O–H groups in total. The number of amides is 4. The Morgan fingerprint density at radius 1 is 0.900 bits per heavy atom. The van der Waals surface area contributed by atoms with E-state index in [2.05, 4.69) is 5.32 Å².